The first-order valence-electron chi connectivity index (χ1n) is 9.53. The number of H-pyrrole nitrogens is 1. The highest BCUT2D eigenvalue weighted by molar-refractivity contribution is 5.38. The average Bonchev–Trinajstić information content (AvgIpc) is 2.66. The molecule has 0 saturated carbocycles. The Morgan fingerprint density at radius 2 is 1.85 bits per heavy atom. The summed E-state index contributed by atoms with van der Waals surface area (Å²) in [4.78, 5) is 30.2. The number of anilines is 1. The second-order valence-corrected chi connectivity index (χ2v) is 7.56. The van der Waals surface area contributed by atoms with E-state index in [4.69, 9.17) is 0 Å². The van der Waals surface area contributed by atoms with Crippen LogP contribution in [0.5, 0.6) is 0 Å². The molecule has 1 unspecified atom stereocenters. The number of piperidine rings is 2. The Bertz CT molecular complexity index is 829. The monoisotopic (exact) mass is 354 g/mol. The van der Waals surface area contributed by atoms with Crippen molar-refractivity contribution in [1.82, 2.24) is 14.9 Å². The first-order valence-corrected chi connectivity index (χ1v) is 9.53. The van der Waals surface area contributed by atoms with Crippen LogP contribution in [0.2, 0.25) is 0 Å². The molecule has 3 heterocycles. The van der Waals surface area contributed by atoms with Crippen LogP contribution < -0.4 is 21.5 Å². The van der Waals surface area contributed by atoms with Gasteiger partial charge in [0.05, 0.1) is 6.54 Å². The molecule has 4 rings (SSSR count). The molecule has 2 N–H and O–H groups in total. The maximum absolute atomic E-state index is 12.6. The number of nitrogens with one attached hydrogen (secondary N) is 2. The van der Waals surface area contributed by atoms with Crippen LogP contribution in [0.3, 0.4) is 0 Å². The van der Waals surface area contributed by atoms with Crippen LogP contribution in [0.1, 0.15) is 37.7 Å². The number of nitrogens with zero attached hydrogens (tertiary/aromatic N) is 2. The minimum absolute atomic E-state index is 0.131. The topological polar surface area (TPSA) is 70.1 Å². The molecule has 0 aliphatic carbocycles. The number of benzene rings is 1. The Balaban J connectivity index is 1.58. The largest absolute Gasteiger partial charge is 0.356 e. The molecule has 2 aliphatic heterocycles. The fourth-order valence-corrected chi connectivity index (χ4v) is 4.31. The predicted molar refractivity (Wildman–Crippen MR) is 103 cm³/mol. The molecular formula is C20H26N4O2. The number of rotatable bonds is 3. The van der Waals surface area contributed by atoms with E-state index in [2.05, 4.69) is 15.2 Å². The lowest BCUT2D eigenvalue weighted by atomic mass is 9.82. The van der Waals surface area contributed by atoms with Crippen LogP contribution in [0, 0.1) is 0 Å². The molecule has 138 valence electrons. The number of aromatic amines is 1. The van der Waals surface area contributed by atoms with Crippen LogP contribution in [0.4, 0.5) is 5.82 Å². The number of hydrogen-bond acceptors (Lipinski definition) is 4. The molecule has 2 aliphatic rings. The summed E-state index contributed by atoms with van der Waals surface area (Å²) in [6.07, 6.45) is 5.88. The molecule has 6 heteroatoms. The summed E-state index contributed by atoms with van der Waals surface area (Å²) in [7, 11) is 0. The summed E-state index contributed by atoms with van der Waals surface area (Å²) in [5.41, 5.74) is 0.485. The van der Waals surface area contributed by atoms with Crippen molar-refractivity contribution in [2.75, 3.05) is 24.5 Å². The van der Waals surface area contributed by atoms with E-state index in [0.29, 0.717) is 12.4 Å². The Hall–Kier alpha value is -2.34. The summed E-state index contributed by atoms with van der Waals surface area (Å²) >= 11 is 0. The van der Waals surface area contributed by atoms with E-state index in [9.17, 15) is 9.59 Å². The van der Waals surface area contributed by atoms with Gasteiger partial charge in [0.15, 0.2) is 0 Å². The Labute approximate surface area is 152 Å². The van der Waals surface area contributed by atoms with Gasteiger partial charge in [-0.15, -0.1) is 0 Å². The van der Waals surface area contributed by atoms with Crippen molar-refractivity contribution in [2.45, 2.75) is 44.2 Å². The lowest BCUT2D eigenvalue weighted by Crippen LogP contribution is -2.59. The van der Waals surface area contributed by atoms with Gasteiger partial charge >= 0.3 is 5.69 Å². The highest BCUT2D eigenvalue weighted by Crippen LogP contribution is 2.30. The summed E-state index contributed by atoms with van der Waals surface area (Å²) in [6.45, 7) is 3.08. The third kappa shape index (κ3) is 3.46. The molecule has 1 atom stereocenters. The molecule has 2 saturated heterocycles. The van der Waals surface area contributed by atoms with Crippen molar-refractivity contribution in [2.24, 2.45) is 0 Å². The van der Waals surface area contributed by atoms with E-state index in [1.807, 2.05) is 30.3 Å². The normalized spacial score (nSPS) is 23.3. The maximum atomic E-state index is 12.6. The second-order valence-electron chi connectivity index (χ2n) is 7.56. The van der Waals surface area contributed by atoms with Gasteiger partial charge in [-0.1, -0.05) is 36.8 Å². The maximum Gasteiger partial charge on any atom is 0.330 e. The molecule has 2 aromatic rings. The minimum atomic E-state index is -0.340. The van der Waals surface area contributed by atoms with Crippen molar-refractivity contribution in [3.63, 3.8) is 0 Å². The van der Waals surface area contributed by atoms with Crippen molar-refractivity contribution in [1.29, 1.82) is 0 Å². The van der Waals surface area contributed by atoms with Crippen LogP contribution in [0.15, 0.2) is 46.0 Å². The Morgan fingerprint density at radius 3 is 2.58 bits per heavy atom. The summed E-state index contributed by atoms with van der Waals surface area (Å²) in [5.74, 6) is 0.649. The van der Waals surface area contributed by atoms with Gasteiger partial charge in [0, 0.05) is 24.7 Å². The summed E-state index contributed by atoms with van der Waals surface area (Å²) < 4.78 is 1.26. The van der Waals surface area contributed by atoms with Gasteiger partial charge in [0.2, 0.25) is 0 Å². The Morgan fingerprint density at radius 1 is 1.04 bits per heavy atom. The molecule has 1 aromatic heterocycles. The first kappa shape index (κ1) is 17.1. The molecule has 1 aromatic carbocycles. The number of hydrogen-bond donors (Lipinski definition) is 2. The smallest absolute Gasteiger partial charge is 0.330 e. The average molecular weight is 354 g/mol. The van der Waals surface area contributed by atoms with E-state index >= 15 is 0 Å². The molecule has 0 bridgehead atoms. The van der Waals surface area contributed by atoms with Gasteiger partial charge in [-0.2, -0.15) is 0 Å². The highest BCUT2D eigenvalue weighted by Gasteiger charge is 2.36. The van der Waals surface area contributed by atoms with Crippen molar-refractivity contribution in [3.8, 4) is 0 Å². The van der Waals surface area contributed by atoms with E-state index in [1.165, 1.54) is 30.3 Å². The van der Waals surface area contributed by atoms with Crippen LogP contribution in [-0.2, 0) is 6.54 Å². The minimum Gasteiger partial charge on any atom is -0.356 e. The quantitative estimate of drug-likeness (QED) is 0.880. The number of aromatic nitrogens is 2. The zero-order valence-corrected chi connectivity index (χ0v) is 15.0. The SMILES string of the molecule is O=c1cc(N2CCCC3(CCCCN3)C2)[nH]c(=O)n1Cc1ccccc1. The van der Waals surface area contributed by atoms with Gasteiger partial charge in [-0.05, 0) is 37.8 Å². The van der Waals surface area contributed by atoms with E-state index < -0.39 is 0 Å². The second kappa shape index (κ2) is 7.11. The molecule has 0 amide bonds. The van der Waals surface area contributed by atoms with Crippen molar-refractivity contribution in [3.05, 3.63) is 62.8 Å². The molecule has 6 nitrogen and oxygen atoms in total. The zero-order valence-electron chi connectivity index (χ0n) is 15.0. The molecule has 1 spiro atoms. The van der Waals surface area contributed by atoms with Gasteiger partial charge < -0.3 is 10.2 Å². The molecule has 2 fully saturated rings. The third-order valence-electron chi connectivity index (χ3n) is 5.69. The summed E-state index contributed by atoms with van der Waals surface area (Å²) in [6, 6.07) is 11.2. The van der Waals surface area contributed by atoms with Gasteiger partial charge in [0.1, 0.15) is 5.82 Å². The van der Waals surface area contributed by atoms with Crippen molar-refractivity contribution >= 4 is 5.82 Å². The van der Waals surface area contributed by atoms with Crippen LogP contribution >= 0.6 is 0 Å². The van der Waals surface area contributed by atoms with Gasteiger partial charge in [-0.3, -0.25) is 14.3 Å². The Kier molecular flexibility index (Phi) is 4.68. The van der Waals surface area contributed by atoms with Gasteiger partial charge in [-0.25, -0.2) is 4.79 Å². The van der Waals surface area contributed by atoms with E-state index in [1.54, 1.807) is 6.07 Å². The first-order chi connectivity index (χ1) is 12.7. The molecule has 0 radical (unpaired) electrons. The van der Waals surface area contributed by atoms with Crippen molar-refractivity contribution < 1.29 is 0 Å². The van der Waals surface area contributed by atoms with E-state index in [-0.39, 0.29) is 16.8 Å². The molecular weight excluding hydrogens is 328 g/mol. The highest BCUT2D eigenvalue weighted by atomic mass is 16.2. The summed E-state index contributed by atoms with van der Waals surface area (Å²) in [5, 5.41) is 3.69. The van der Waals surface area contributed by atoms with Gasteiger partial charge in [0.25, 0.3) is 5.56 Å². The zero-order chi connectivity index (χ0) is 18.0. The standard InChI is InChI=1S/C20H26N4O2/c25-18-13-17(22-19(26)24(18)14-16-7-2-1-3-8-16)23-12-6-10-20(15-23)9-4-5-11-21-20/h1-3,7-8,13,21H,4-6,9-12,14-15H2,(H,22,26). The fourth-order valence-electron chi connectivity index (χ4n) is 4.31. The third-order valence-corrected chi connectivity index (χ3v) is 5.69. The van der Waals surface area contributed by atoms with Crippen LogP contribution in [-0.4, -0.2) is 34.7 Å². The lowest BCUT2D eigenvalue weighted by Gasteiger charge is -2.46. The molecule has 26 heavy (non-hydrogen) atoms. The lowest BCUT2D eigenvalue weighted by molar-refractivity contribution is 0.215. The van der Waals surface area contributed by atoms with Crippen LogP contribution in [0.25, 0.3) is 0 Å². The fraction of sp³-hybridized carbons (Fsp3) is 0.500. The predicted octanol–water partition coefficient (Wildman–Crippen LogP) is 1.70. The van der Waals surface area contributed by atoms with E-state index in [0.717, 1.165) is 31.6 Å².